The van der Waals surface area contributed by atoms with Crippen LogP contribution in [0.5, 0.6) is 0 Å². The molecule has 0 unspecified atom stereocenters. The van der Waals surface area contributed by atoms with E-state index in [-0.39, 0.29) is 11.5 Å². The fourth-order valence-corrected chi connectivity index (χ4v) is 4.27. The van der Waals surface area contributed by atoms with Gasteiger partial charge in [0.25, 0.3) is 5.56 Å². The van der Waals surface area contributed by atoms with Crippen molar-refractivity contribution in [1.82, 2.24) is 9.47 Å². The largest absolute Gasteiger partial charge is 0.416 e. The van der Waals surface area contributed by atoms with Crippen LogP contribution in [0.25, 0.3) is 0 Å². The van der Waals surface area contributed by atoms with Crippen LogP contribution in [0.3, 0.4) is 0 Å². The van der Waals surface area contributed by atoms with Crippen LogP contribution < -0.4 is 10.9 Å². The number of nitrogens with one attached hydrogen (secondary N) is 1. The molecule has 0 radical (unpaired) electrons. The fraction of sp³-hybridized carbons (Fsp3) is 0.368. The van der Waals surface area contributed by atoms with E-state index in [0.29, 0.717) is 29.8 Å². The van der Waals surface area contributed by atoms with Gasteiger partial charge in [-0.15, -0.1) is 0 Å². The highest BCUT2D eigenvalue weighted by molar-refractivity contribution is 7.80. The molecule has 0 saturated carbocycles. The lowest BCUT2D eigenvalue weighted by atomic mass is 9.83. The molecule has 4 rings (SSSR count). The Balaban J connectivity index is 1.47. The first-order valence-corrected chi connectivity index (χ1v) is 9.15. The van der Waals surface area contributed by atoms with Crippen LogP contribution in [0.15, 0.2) is 47.3 Å². The number of nitrogens with zero attached hydrogens (tertiary/aromatic N) is 2. The highest BCUT2D eigenvalue weighted by Gasteiger charge is 2.35. The molecule has 27 heavy (non-hydrogen) atoms. The Bertz CT molecular complexity index is 923. The maximum Gasteiger partial charge on any atom is 0.416 e. The molecule has 2 bridgehead atoms. The van der Waals surface area contributed by atoms with Crippen LogP contribution in [0.4, 0.5) is 18.9 Å². The lowest BCUT2D eigenvalue weighted by Crippen LogP contribution is -2.50. The van der Waals surface area contributed by atoms with Crippen molar-refractivity contribution >= 4 is 23.0 Å². The molecule has 2 atom stereocenters. The Labute approximate surface area is 159 Å². The van der Waals surface area contributed by atoms with Crippen LogP contribution in [-0.4, -0.2) is 27.7 Å². The van der Waals surface area contributed by atoms with E-state index < -0.39 is 11.7 Å². The van der Waals surface area contributed by atoms with Gasteiger partial charge in [-0.3, -0.25) is 4.79 Å². The van der Waals surface area contributed by atoms with E-state index in [0.717, 1.165) is 30.8 Å². The molecule has 1 N–H and O–H groups in total. The molecule has 1 aromatic heterocycles. The van der Waals surface area contributed by atoms with E-state index in [1.54, 1.807) is 12.1 Å². The first-order chi connectivity index (χ1) is 12.8. The van der Waals surface area contributed by atoms with Gasteiger partial charge < -0.3 is 14.8 Å². The summed E-state index contributed by atoms with van der Waals surface area (Å²) in [5, 5.41) is 3.53. The third kappa shape index (κ3) is 3.58. The molecule has 1 fully saturated rings. The van der Waals surface area contributed by atoms with Crippen molar-refractivity contribution in [3.63, 3.8) is 0 Å². The topological polar surface area (TPSA) is 37.3 Å². The average Bonchev–Trinajstić information content (AvgIpc) is 2.62. The minimum absolute atomic E-state index is 0.0288. The van der Waals surface area contributed by atoms with Gasteiger partial charge in [-0.1, -0.05) is 6.07 Å². The van der Waals surface area contributed by atoms with Crippen molar-refractivity contribution in [2.45, 2.75) is 25.1 Å². The van der Waals surface area contributed by atoms with Crippen molar-refractivity contribution < 1.29 is 13.2 Å². The third-order valence-electron chi connectivity index (χ3n) is 5.23. The maximum atomic E-state index is 12.7. The van der Waals surface area contributed by atoms with Crippen LogP contribution in [0, 0.1) is 5.92 Å². The standard InChI is InChI=1S/C19H18F3N3OS/c20-19(21,22)14-4-6-15(7-5-14)23-18(27)24-9-12-8-13(11-24)16-2-1-3-17(26)25(16)10-12/h1-7,12-13H,8-11H2,(H,23,27)/t12-,13-/m0/s1. The molecule has 3 heterocycles. The molecule has 2 aliphatic heterocycles. The second-order valence-corrected chi connectivity index (χ2v) is 7.50. The number of pyridine rings is 1. The number of piperidine rings is 1. The summed E-state index contributed by atoms with van der Waals surface area (Å²) in [6.45, 7) is 2.08. The second-order valence-electron chi connectivity index (χ2n) is 7.11. The summed E-state index contributed by atoms with van der Waals surface area (Å²) >= 11 is 5.49. The van der Waals surface area contributed by atoms with Gasteiger partial charge in [0, 0.05) is 43.0 Å². The molecule has 2 aromatic rings. The Kier molecular flexibility index (Phi) is 4.46. The quantitative estimate of drug-likeness (QED) is 0.750. The van der Waals surface area contributed by atoms with Crippen molar-refractivity contribution in [2.24, 2.45) is 5.92 Å². The number of likely N-dealkylation sites (tertiary alicyclic amines) is 1. The fourth-order valence-electron chi connectivity index (χ4n) is 4.01. The number of anilines is 1. The molecule has 0 spiro atoms. The van der Waals surface area contributed by atoms with Crippen LogP contribution >= 0.6 is 12.2 Å². The number of benzene rings is 1. The summed E-state index contributed by atoms with van der Waals surface area (Å²) in [5.74, 6) is 0.544. The van der Waals surface area contributed by atoms with Gasteiger partial charge in [0.15, 0.2) is 5.11 Å². The lowest BCUT2D eigenvalue weighted by Gasteiger charge is -2.43. The maximum absolute atomic E-state index is 12.7. The molecule has 4 nitrogen and oxygen atoms in total. The molecule has 8 heteroatoms. The SMILES string of the molecule is O=c1cccc2n1C[C@H]1C[C@H]2CN(C(=S)Nc2ccc(C(F)(F)F)cc2)C1. The number of halogens is 3. The number of rotatable bonds is 1. The third-order valence-corrected chi connectivity index (χ3v) is 5.59. The first kappa shape index (κ1) is 18.0. The Morgan fingerprint density at radius 3 is 2.52 bits per heavy atom. The van der Waals surface area contributed by atoms with Gasteiger partial charge >= 0.3 is 6.18 Å². The summed E-state index contributed by atoms with van der Waals surface area (Å²) in [7, 11) is 0. The molecular weight excluding hydrogens is 375 g/mol. The summed E-state index contributed by atoms with van der Waals surface area (Å²) in [6, 6.07) is 10.2. The zero-order valence-electron chi connectivity index (χ0n) is 14.4. The van der Waals surface area contributed by atoms with Crippen molar-refractivity contribution in [3.8, 4) is 0 Å². The molecule has 0 aliphatic carbocycles. The second kappa shape index (κ2) is 6.67. The molecule has 142 valence electrons. The van der Waals surface area contributed by atoms with Crippen molar-refractivity contribution in [2.75, 3.05) is 18.4 Å². The first-order valence-electron chi connectivity index (χ1n) is 8.74. The van der Waals surface area contributed by atoms with E-state index in [9.17, 15) is 18.0 Å². The number of hydrogen-bond acceptors (Lipinski definition) is 2. The predicted molar refractivity (Wildman–Crippen MR) is 101 cm³/mol. The Hall–Kier alpha value is -2.35. The van der Waals surface area contributed by atoms with E-state index in [2.05, 4.69) is 5.32 Å². The number of aromatic nitrogens is 1. The number of hydrogen-bond donors (Lipinski definition) is 1. The van der Waals surface area contributed by atoms with Gasteiger partial charge in [0.1, 0.15) is 0 Å². The smallest absolute Gasteiger partial charge is 0.348 e. The molecule has 1 saturated heterocycles. The summed E-state index contributed by atoms with van der Waals surface area (Å²) in [5.41, 5.74) is 0.899. The van der Waals surface area contributed by atoms with Gasteiger partial charge in [0.2, 0.25) is 0 Å². The van der Waals surface area contributed by atoms with E-state index in [4.69, 9.17) is 12.2 Å². The minimum Gasteiger partial charge on any atom is -0.348 e. The van der Waals surface area contributed by atoms with Crippen molar-refractivity contribution in [3.05, 3.63) is 64.1 Å². The highest BCUT2D eigenvalue weighted by Crippen LogP contribution is 2.35. The van der Waals surface area contributed by atoms with Crippen LogP contribution in [0.2, 0.25) is 0 Å². The van der Waals surface area contributed by atoms with Gasteiger partial charge in [0.05, 0.1) is 5.56 Å². The predicted octanol–water partition coefficient (Wildman–Crippen LogP) is 3.68. The molecule has 2 aliphatic rings. The van der Waals surface area contributed by atoms with E-state index in [1.165, 1.54) is 12.1 Å². The van der Waals surface area contributed by atoms with Crippen LogP contribution in [0.1, 0.15) is 23.6 Å². The molecule has 0 amide bonds. The van der Waals surface area contributed by atoms with Gasteiger partial charge in [-0.05, 0) is 54.9 Å². The number of thiocarbonyl (C=S) groups is 1. The summed E-state index contributed by atoms with van der Waals surface area (Å²) in [4.78, 5) is 14.1. The van der Waals surface area contributed by atoms with Crippen LogP contribution in [-0.2, 0) is 12.7 Å². The molecule has 1 aromatic carbocycles. The molecular formula is C19H18F3N3OS. The highest BCUT2D eigenvalue weighted by atomic mass is 32.1. The van der Waals surface area contributed by atoms with Gasteiger partial charge in [-0.25, -0.2) is 0 Å². The Morgan fingerprint density at radius 2 is 1.81 bits per heavy atom. The average molecular weight is 393 g/mol. The van der Waals surface area contributed by atoms with Gasteiger partial charge in [-0.2, -0.15) is 13.2 Å². The number of alkyl halides is 3. The minimum atomic E-state index is -4.35. The zero-order chi connectivity index (χ0) is 19.2. The van der Waals surface area contributed by atoms with Crippen molar-refractivity contribution in [1.29, 1.82) is 0 Å². The summed E-state index contributed by atoms with van der Waals surface area (Å²) < 4.78 is 39.9. The summed E-state index contributed by atoms with van der Waals surface area (Å²) in [6.07, 6.45) is -3.34. The van der Waals surface area contributed by atoms with E-state index >= 15 is 0 Å². The number of fused-ring (bicyclic) bond motifs is 4. The normalized spacial score (nSPS) is 21.5. The Morgan fingerprint density at radius 1 is 1.07 bits per heavy atom. The monoisotopic (exact) mass is 393 g/mol. The van der Waals surface area contributed by atoms with E-state index in [1.807, 2.05) is 15.5 Å². The zero-order valence-corrected chi connectivity index (χ0v) is 15.2. The lowest BCUT2D eigenvalue weighted by molar-refractivity contribution is -0.137.